The SMILES string of the molecule is CN=C(NCCNC(=O)C(C)C)N1CCC(CSc2ccccc2)C1. The monoisotopic (exact) mass is 362 g/mol. The van der Waals surface area contributed by atoms with Crippen LogP contribution in [0.4, 0.5) is 0 Å². The Morgan fingerprint density at radius 3 is 2.68 bits per heavy atom. The van der Waals surface area contributed by atoms with Crippen LogP contribution in [0.15, 0.2) is 40.2 Å². The summed E-state index contributed by atoms with van der Waals surface area (Å²) in [6.07, 6.45) is 1.20. The number of carbonyl (C=O) groups is 1. The van der Waals surface area contributed by atoms with Crippen LogP contribution in [0.2, 0.25) is 0 Å². The summed E-state index contributed by atoms with van der Waals surface area (Å²) >= 11 is 1.93. The molecular formula is C19H30N4OS. The zero-order valence-electron chi connectivity index (χ0n) is 15.5. The summed E-state index contributed by atoms with van der Waals surface area (Å²) in [6, 6.07) is 10.6. The van der Waals surface area contributed by atoms with Crippen LogP contribution in [0.25, 0.3) is 0 Å². The van der Waals surface area contributed by atoms with Crippen molar-refractivity contribution in [1.29, 1.82) is 0 Å². The standard InChI is InChI=1S/C19H30N4OS/c1-15(2)18(24)21-10-11-22-19(20-3)23-12-9-16(13-23)14-25-17-7-5-4-6-8-17/h4-8,15-16H,9-14H2,1-3H3,(H,20,22)(H,21,24). The molecule has 0 bridgehead atoms. The lowest BCUT2D eigenvalue weighted by atomic mass is 10.2. The van der Waals surface area contributed by atoms with Gasteiger partial charge in [-0.2, -0.15) is 0 Å². The average molecular weight is 363 g/mol. The van der Waals surface area contributed by atoms with Crippen molar-refractivity contribution in [2.75, 3.05) is 39.0 Å². The number of amides is 1. The van der Waals surface area contributed by atoms with Crippen molar-refractivity contribution < 1.29 is 4.79 Å². The van der Waals surface area contributed by atoms with Gasteiger partial charge in [0.15, 0.2) is 5.96 Å². The van der Waals surface area contributed by atoms with Crippen molar-refractivity contribution in [3.8, 4) is 0 Å². The van der Waals surface area contributed by atoms with Gasteiger partial charge in [0.05, 0.1) is 0 Å². The second kappa shape index (κ2) is 10.3. The van der Waals surface area contributed by atoms with Gasteiger partial charge in [0.1, 0.15) is 0 Å². The predicted octanol–water partition coefficient (Wildman–Crippen LogP) is 2.45. The summed E-state index contributed by atoms with van der Waals surface area (Å²) in [6.45, 7) is 7.21. The Morgan fingerprint density at radius 2 is 2.00 bits per heavy atom. The van der Waals surface area contributed by atoms with E-state index in [1.807, 2.05) is 32.7 Å². The first-order chi connectivity index (χ1) is 12.1. The summed E-state index contributed by atoms with van der Waals surface area (Å²) in [5, 5.41) is 6.28. The number of guanidine groups is 1. The number of aliphatic imine (C=N–C) groups is 1. The molecule has 1 aromatic rings. The molecule has 0 saturated carbocycles. The molecule has 0 radical (unpaired) electrons. The Hall–Kier alpha value is -1.69. The zero-order chi connectivity index (χ0) is 18.1. The molecule has 1 atom stereocenters. The first-order valence-electron chi connectivity index (χ1n) is 9.01. The molecule has 25 heavy (non-hydrogen) atoms. The summed E-state index contributed by atoms with van der Waals surface area (Å²) in [5.74, 6) is 2.88. The van der Waals surface area contributed by atoms with Crippen molar-refractivity contribution >= 4 is 23.6 Å². The lowest BCUT2D eigenvalue weighted by Gasteiger charge is -2.22. The molecule has 2 N–H and O–H groups in total. The number of likely N-dealkylation sites (tertiary alicyclic amines) is 1. The van der Waals surface area contributed by atoms with E-state index in [2.05, 4.69) is 50.9 Å². The van der Waals surface area contributed by atoms with E-state index in [0.717, 1.165) is 24.8 Å². The van der Waals surface area contributed by atoms with Crippen molar-refractivity contribution in [1.82, 2.24) is 15.5 Å². The third-order valence-corrected chi connectivity index (χ3v) is 5.50. The van der Waals surface area contributed by atoms with Crippen molar-refractivity contribution in [3.05, 3.63) is 30.3 Å². The molecule has 0 spiro atoms. The number of thioether (sulfide) groups is 1. The molecule has 6 heteroatoms. The van der Waals surface area contributed by atoms with Crippen LogP contribution in [0.1, 0.15) is 20.3 Å². The average Bonchev–Trinajstić information content (AvgIpc) is 3.09. The fourth-order valence-electron chi connectivity index (χ4n) is 2.79. The molecule has 1 aromatic carbocycles. The third-order valence-electron chi connectivity index (χ3n) is 4.26. The van der Waals surface area contributed by atoms with Gasteiger partial charge in [-0.15, -0.1) is 11.8 Å². The van der Waals surface area contributed by atoms with Gasteiger partial charge in [0, 0.05) is 49.8 Å². The summed E-state index contributed by atoms with van der Waals surface area (Å²) in [5.41, 5.74) is 0. The molecule has 1 saturated heterocycles. The van der Waals surface area contributed by atoms with E-state index in [0.29, 0.717) is 19.0 Å². The normalized spacial score (nSPS) is 17.8. The minimum absolute atomic E-state index is 0.0285. The number of benzene rings is 1. The molecule has 0 aromatic heterocycles. The first kappa shape index (κ1) is 19.6. The summed E-state index contributed by atoms with van der Waals surface area (Å²) < 4.78 is 0. The zero-order valence-corrected chi connectivity index (χ0v) is 16.3. The molecular weight excluding hydrogens is 332 g/mol. The third kappa shape index (κ3) is 6.61. The lowest BCUT2D eigenvalue weighted by molar-refractivity contribution is -0.123. The number of hydrogen-bond donors (Lipinski definition) is 2. The number of hydrogen-bond acceptors (Lipinski definition) is 3. The number of carbonyl (C=O) groups excluding carboxylic acids is 1. The highest BCUT2D eigenvalue weighted by Crippen LogP contribution is 2.25. The van der Waals surface area contributed by atoms with Crippen LogP contribution >= 0.6 is 11.8 Å². The van der Waals surface area contributed by atoms with Gasteiger partial charge in [-0.25, -0.2) is 0 Å². The Kier molecular flexibility index (Phi) is 8.12. The number of rotatable bonds is 7. The Morgan fingerprint density at radius 1 is 1.28 bits per heavy atom. The second-order valence-corrected chi connectivity index (χ2v) is 7.74. The maximum absolute atomic E-state index is 11.6. The highest BCUT2D eigenvalue weighted by atomic mass is 32.2. The maximum atomic E-state index is 11.6. The van der Waals surface area contributed by atoms with Crippen LogP contribution in [-0.2, 0) is 4.79 Å². The predicted molar refractivity (Wildman–Crippen MR) is 106 cm³/mol. The van der Waals surface area contributed by atoms with E-state index in [4.69, 9.17) is 0 Å². The van der Waals surface area contributed by atoms with E-state index in [1.165, 1.54) is 11.3 Å². The van der Waals surface area contributed by atoms with E-state index in [9.17, 15) is 4.79 Å². The minimum atomic E-state index is 0.0285. The van der Waals surface area contributed by atoms with E-state index in [1.54, 1.807) is 0 Å². The van der Waals surface area contributed by atoms with Crippen LogP contribution in [0, 0.1) is 11.8 Å². The first-order valence-corrected chi connectivity index (χ1v) is 10.00. The van der Waals surface area contributed by atoms with Gasteiger partial charge in [-0.05, 0) is 24.5 Å². The fourth-order valence-corrected chi connectivity index (χ4v) is 3.84. The van der Waals surface area contributed by atoms with Gasteiger partial charge < -0.3 is 15.5 Å². The topological polar surface area (TPSA) is 56.7 Å². The Bertz CT molecular complexity index is 562. The van der Waals surface area contributed by atoms with Crippen LogP contribution in [0.3, 0.4) is 0 Å². The summed E-state index contributed by atoms with van der Waals surface area (Å²) in [7, 11) is 1.82. The Labute approximate surface area is 155 Å². The van der Waals surface area contributed by atoms with E-state index < -0.39 is 0 Å². The smallest absolute Gasteiger partial charge is 0.222 e. The lowest BCUT2D eigenvalue weighted by Crippen LogP contribution is -2.43. The Balaban J connectivity index is 1.69. The number of nitrogens with zero attached hydrogens (tertiary/aromatic N) is 2. The van der Waals surface area contributed by atoms with E-state index >= 15 is 0 Å². The molecule has 1 heterocycles. The molecule has 1 unspecified atom stereocenters. The van der Waals surface area contributed by atoms with Gasteiger partial charge in [0.25, 0.3) is 0 Å². The second-order valence-electron chi connectivity index (χ2n) is 6.64. The highest BCUT2D eigenvalue weighted by Gasteiger charge is 2.24. The highest BCUT2D eigenvalue weighted by molar-refractivity contribution is 7.99. The van der Waals surface area contributed by atoms with E-state index in [-0.39, 0.29) is 11.8 Å². The van der Waals surface area contributed by atoms with Crippen molar-refractivity contribution in [2.24, 2.45) is 16.8 Å². The minimum Gasteiger partial charge on any atom is -0.354 e. The molecule has 1 aliphatic rings. The largest absolute Gasteiger partial charge is 0.354 e. The van der Waals surface area contributed by atoms with Crippen LogP contribution < -0.4 is 10.6 Å². The van der Waals surface area contributed by atoms with Crippen molar-refractivity contribution in [2.45, 2.75) is 25.2 Å². The molecule has 1 aliphatic heterocycles. The van der Waals surface area contributed by atoms with Crippen molar-refractivity contribution in [3.63, 3.8) is 0 Å². The van der Waals surface area contributed by atoms with Crippen LogP contribution in [-0.4, -0.2) is 55.7 Å². The molecule has 5 nitrogen and oxygen atoms in total. The van der Waals surface area contributed by atoms with Gasteiger partial charge >= 0.3 is 0 Å². The maximum Gasteiger partial charge on any atom is 0.222 e. The molecule has 1 amide bonds. The molecule has 0 aliphatic carbocycles. The number of nitrogens with one attached hydrogen (secondary N) is 2. The van der Waals surface area contributed by atoms with Crippen LogP contribution in [0.5, 0.6) is 0 Å². The molecule has 138 valence electrons. The molecule has 1 fully saturated rings. The fraction of sp³-hybridized carbons (Fsp3) is 0.579. The quantitative estimate of drug-likeness (QED) is 0.339. The van der Waals surface area contributed by atoms with Gasteiger partial charge in [-0.3, -0.25) is 9.79 Å². The van der Waals surface area contributed by atoms with Gasteiger partial charge in [0.2, 0.25) is 5.91 Å². The van der Waals surface area contributed by atoms with Gasteiger partial charge in [-0.1, -0.05) is 32.0 Å². The summed E-state index contributed by atoms with van der Waals surface area (Å²) in [4.78, 5) is 19.6. The molecule has 2 rings (SSSR count).